The van der Waals surface area contributed by atoms with Gasteiger partial charge in [0.05, 0.1) is 34.6 Å². The Morgan fingerprint density at radius 2 is 1.40 bits per heavy atom. The van der Waals surface area contributed by atoms with Crippen LogP contribution in [-0.2, 0) is 68.3 Å². The van der Waals surface area contributed by atoms with Crippen LogP contribution in [0.5, 0.6) is 5.75 Å². The maximum atomic E-state index is 15.1. The number of rotatable bonds is 14. The number of esters is 2. The Labute approximate surface area is 527 Å². The molecule has 23 heteroatoms. The molecule has 2 bridgehead atoms. The number of amides is 1. The minimum Gasteiger partial charge on any atom is -0.461 e. The number of fused-ring (bicyclic) bond motifs is 3. The fourth-order valence-electron chi connectivity index (χ4n) is 12.8. The van der Waals surface area contributed by atoms with Crippen LogP contribution < -0.4 is 4.74 Å². The lowest BCUT2D eigenvalue weighted by molar-refractivity contribution is -0.385. The molecule has 0 aromatic heterocycles. The first-order chi connectivity index (χ1) is 42.8. The first-order valence-electron chi connectivity index (χ1n) is 31.2. The number of piperidine rings is 1. The van der Waals surface area contributed by atoms with Crippen LogP contribution in [0.1, 0.15) is 131 Å². The number of allylic oxidation sites excluding steroid dienone is 5. The van der Waals surface area contributed by atoms with Crippen LogP contribution in [0.4, 0.5) is 16.2 Å². The van der Waals surface area contributed by atoms with Gasteiger partial charge in [-0.1, -0.05) is 83.2 Å². The van der Waals surface area contributed by atoms with Gasteiger partial charge >= 0.3 is 18.1 Å². The summed E-state index contributed by atoms with van der Waals surface area (Å²) >= 11 is 0. The van der Waals surface area contributed by atoms with Crippen LogP contribution >= 0.6 is 0 Å². The second-order valence-corrected chi connectivity index (χ2v) is 24.8. The zero-order valence-electron chi connectivity index (χ0n) is 53.7. The molecular formula is C67H91N3O20. The Bertz CT molecular complexity index is 2930. The van der Waals surface area contributed by atoms with E-state index in [-0.39, 0.29) is 67.0 Å². The van der Waals surface area contributed by atoms with Gasteiger partial charge in [-0.3, -0.25) is 39.4 Å². The molecule has 1 N–H and O–H groups in total. The molecule has 3 heterocycles. The predicted octanol–water partition coefficient (Wildman–Crippen LogP) is 10.5. The molecule has 90 heavy (non-hydrogen) atoms. The third kappa shape index (κ3) is 19.5. The molecular weight excluding hydrogens is 1170 g/mol. The maximum absolute atomic E-state index is 15.1. The van der Waals surface area contributed by atoms with Gasteiger partial charge in [0.2, 0.25) is 5.79 Å². The molecule has 1 aliphatic carbocycles. The number of ether oxygens (including phenoxy) is 9. The quantitative estimate of drug-likeness (QED) is 0.0350. The first kappa shape index (κ1) is 72.0. The van der Waals surface area contributed by atoms with E-state index in [0.29, 0.717) is 68.9 Å². The summed E-state index contributed by atoms with van der Waals surface area (Å²) in [6.07, 6.45) is 7.59. The molecule has 1 amide bonds. The number of methoxy groups -OCH3 is 4. The highest BCUT2D eigenvalue weighted by atomic mass is 16.7. The van der Waals surface area contributed by atoms with Crippen LogP contribution in [0, 0.1) is 55.7 Å². The minimum atomic E-state index is -2.53. The van der Waals surface area contributed by atoms with Crippen molar-refractivity contribution < 1.29 is 86.4 Å². The number of cyclic esters (lactones) is 1. The highest BCUT2D eigenvalue weighted by molar-refractivity contribution is 6.39. The second-order valence-electron chi connectivity index (χ2n) is 24.8. The molecule has 0 spiro atoms. The molecule has 2 aromatic rings. The molecule has 2 aromatic carbocycles. The molecule has 6 rings (SSSR count). The number of non-ortho nitro benzene ring substituents is 2. The normalized spacial score (nSPS) is 32.9. The fraction of sp³-hybridized carbons (Fsp3) is 0.612. The summed E-state index contributed by atoms with van der Waals surface area (Å²) in [5.41, 5.74) is 1.49. The Balaban J connectivity index is 1.38. The van der Waals surface area contributed by atoms with Crippen LogP contribution in [-0.4, -0.2) is 151 Å². The van der Waals surface area contributed by atoms with E-state index >= 15 is 4.79 Å². The lowest BCUT2D eigenvalue weighted by Crippen LogP contribution is -2.61. The standard InChI is InChI=1S/C67H91N3O20/c1-40-17-13-12-14-18-41(2)55(82-8)38-52-28-20-46(7)67(77,90-52)63(73)64(74)68-32-16-15-19-53(68)65(75)88-57(43(4)35-48-23-31-54(58(36-48)83-9)89-66(76)86-51-29-26-50(27-30-51)70(80)81)39-56(87-59(71)37-47-21-24-49(25-22-47)69(78)79)42(3)34-45(6)61(84-10)62(85-11)60(72)44(5)33-40/h12-14,17-18,21-22,24-27,29-30,34,40,42-44,46,48,52-58,61-62,77H,15-16,19-20,23,28,31-33,35-39H2,1-11H3/b14-12+,17-13+,41-18+,45-34+/t40-,42-,43-,44-,46-,48+,52+,53+,54-,55+,56-,57+,58-,61-,62+,67-/m1/s1. The van der Waals surface area contributed by atoms with Gasteiger partial charge in [-0.05, 0) is 125 Å². The fourth-order valence-corrected chi connectivity index (χ4v) is 12.8. The van der Waals surface area contributed by atoms with Crippen molar-refractivity contribution in [2.45, 2.75) is 193 Å². The van der Waals surface area contributed by atoms with Crippen molar-refractivity contribution in [1.82, 2.24) is 4.90 Å². The molecule has 0 radical (unpaired) electrons. The number of nitrogens with zero attached hydrogens (tertiary/aromatic N) is 3. The molecule has 3 aliphatic heterocycles. The van der Waals surface area contributed by atoms with E-state index in [2.05, 4.69) is 0 Å². The van der Waals surface area contributed by atoms with E-state index in [4.69, 9.17) is 42.6 Å². The molecule has 494 valence electrons. The number of nitro benzene ring substituents is 2. The van der Waals surface area contributed by atoms with Gasteiger partial charge in [-0.25, -0.2) is 9.59 Å². The third-order valence-corrected chi connectivity index (χ3v) is 18.1. The number of benzene rings is 2. The van der Waals surface area contributed by atoms with Crippen molar-refractivity contribution in [3.05, 3.63) is 122 Å². The van der Waals surface area contributed by atoms with Gasteiger partial charge in [0.15, 0.2) is 5.78 Å². The maximum Gasteiger partial charge on any atom is 0.514 e. The number of hydrogen-bond acceptors (Lipinski definition) is 20. The first-order valence-corrected chi connectivity index (χ1v) is 31.2. The number of nitro groups is 2. The van der Waals surface area contributed by atoms with Crippen molar-refractivity contribution in [1.29, 1.82) is 0 Å². The van der Waals surface area contributed by atoms with Gasteiger partial charge in [-0.2, -0.15) is 0 Å². The molecule has 4 aliphatic rings. The predicted molar refractivity (Wildman–Crippen MR) is 330 cm³/mol. The number of ketones is 2. The number of hydrogen-bond donors (Lipinski definition) is 1. The van der Waals surface area contributed by atoms with E-state index in [9.17, 15) is 49.3 Å². The summed E-state index contributed by atoms with van der Waals surface area (Å²) < 4.78 is 54.1. The summed E-state index contributed by atoms with van der Waals surface area (Å²) in [5.74, 6) is -9.12. The van der Waals surface area contributed by atoms with Crippen LogP contribution in [0.2, 0.25) is 0 Å². The molecule has 2 saturated heterocycles. The summed E-state index contributed by atoms with van der Waals surface area (Å²) in [5, 5.41) is 34.9. The Kier molecular flexibility index (Phi) is 27.1. The third-order valence-electron chi connectivity index (χ3n) is 18.1. The van der Waals surface area contributed by atoms with Crippen LogP contribution in [0.3, 0.4) is 0 Å². The van der Waals surface area contributed by atoms with Crippen molar-refractivity contribution in [3.8, 4) is 5.75 Å². The number of aliphatic hydroxyl groups is 1. The van der Waals surface area contributed by atoms with Gasteiger partial charge in [0.1, 0.15) is 42.3 Å². The smallest absolute Gasteiger partial charge is 0.461 e. The van der Waals surface area contributed by atoms with Crippen LogP contribution in [0.25, 0.3) is 0 Å². The van der Waals surface area contributed by atoms with Crippen LogP contribution in [0.15, 0.2) is 96.1 Å². The van der Waals surface area contributed by atoms with E-state index in [1.54, 1.807) is 27.9 Å². The monoisotopic (exact) mass is 1260 g/mol. The lowest BCUT2D eigenvalue weighted by atomic mass is 9.78. The van der Waals surface area contributed by atoms with Crippen molar-refractivity contribution in [2.24, 2.45) is 35.5 Å². The van der Waals surface area contributed by atoms with E-state index in [1.807, 2.05) is 64.2 Å². The number of carbonyl (C=O) groups is 6. The molecule has 3 fully saturated rings. The van der Waals surface area contributed by atoms with Crippen molar-refractivity contribution in [3.63, 3.8) is 0 Å². The van der Waals surface area contributed by atoms with E-state index in [0.717, 1.165) is 10.5 Å². The summed E-state index contributed by atoms with van der Waals surface area (Å²) in [6, 6.07) is 9.16. The van der Waals surface area contributed by atoms with Crippen molar-refractivity contribution in [2.75, 3.05) is 35.0 Å². The summed E-state index contributed by atoms with van der Waals surface area (Å²) in [4.78, 5) is 109. The summed E-state index contributed by atoms with van der Waals surface area (Å²) in [7, 11) is 5.95. The number of Topliss-reactive ketones (excluding diaryl/α,β-unsaturated/α-hetero) is 2. The molecule has 16 atom stereocenters. The van der Waals surface area contributed by atoms with Crippen molar-refractivity contribution >= 4 is 46.9 Å². The Morgan fingerprint density at radius 3 is 2.03 bits per heavy atom. The zero-order valence-corrected chi connectivity index (χ0v) is 53.7. The van der Waals surface area contributed by atoms with Gasteiger partial charge in [0, 0.05) is 89.8 Å². The Hall–Kier alpha value is -7.02. The van der Waals surface area contributed by atoms with E-state index in [1.165, 1.54) is 69.9 Å². The van der Waals surface area contributed by atoms with Gasteiger partial charge in [-0.15, -0.1) is 0 Å². The molecule has 0 unspecified atom stereocenters. The topological polar surface area (TPSA) is 295 Å². The van der Waals surface area contributed by atoms with Gasteiger partial charge in [0.25, 0.3) is 23.1 Å². The minimum absolute atomic E-state index is 0.00462. The zero-order chi connectivity index (χ0) is 66.0. The van der Waals surface area contributed by atoms with E-state index < -0.39 is 124 Å². The highest BCUT2D eigenvalue weighted by Gasteiger charge is 2.53. The number of carbonyl (C=O) groups excluding carboxylic acids is 6. The Morgan fingerprint density at radius 1 is 0.733 bits per heavy atom. The van der Waals surface area contributed by atoms with Gasteiger partial charge < -0.3 is 52.6 Å². The largest absolute Gasteiger partial charge is 0.514 e. The average Bonchev–Trinajstić information content (AvgIpc) is 0.935. The second kappa shape index (κ2) is 33.9. The molecule has 23 nitrogen and oxygen atoms in total. The SMILES string of the molecule is CO[C@H]1C[C@@H]2CC[C@@H](C)[C@@](O)(O2)C(=O)C(=O)N2CCCC[C@H]2C(=O)O[C@H]([C@H](C)C[C@@H]2CC[C@@H](OC(=O)Oc3ccc([N+](=O)[O-])cc3)[C@H](OC)C2)C[C@@H](OC(=O)Cc2ccc([N+](=O)[O-])cc2)[C@H](C)/C=C(\C)[C@@H](OC)[C@@H](OC)C(=O)[C@H](C)C[C@H](C)/C=C/C=C/C=C/1C. The molecule has 1 saturated carbocycles. The summed E-state index contributed by atoms with van der Waals surface area (Å²) in [6.45, 7) is 12.9. The highest BCUT2D eigenvalue weighted by Crippen LogP contribution is 2.39. The lowest BCUT2D eigenvalue weighted by Gasteiger charge is -2.43. The average molecular weight is 1260 g/mol.